The molecular weight excluding hydrogens is 258 g/mol. The van der Waals surface area contributed by atoms with Gasteiger partial charge in [0.2, 0.25) is 0 Å². The van der Waals surface area contributed by atoms with Crippen LogP contribution in [0.2, 0.25) is 0 Å². The second-order valence-electron chi connectivity index (χ2n) is 6.45. The lowest BCUT2D eigenvalue weighted by Crippen LogP contribution is -2.35. The second-order valence-corrected chi connectivity index (χ2v) is 6.45. The minimum Gasteiger partial charge on any atom is -0.387 e. The summed E-state index contributed by atoms with van der Waals surface area (Å²) in [5, 5.41) is 14.1. The van der Waals surface area contributed by atoms with Crippen LogP contribution in [0.4, 0.5) is 0 Å². The number of unbranched alkanes of at least 4 members (excludes halogenated alkanes) is 3. The number of hydrogen-bond donors (Lipinski definition) is 2. The minimum absolute atomic E-state index is 0.188. The van der Waals surface area contributed by atoms with Gasteiger partial charge in [-0.15, -0.1) is 0 Å². The maximum Gasteiger partial charge on any atom is 0.0942 e. The summed E-state index contributed by atoms with van der Waals surface area (Å²) in [6, 6.07) is 9.42. The van der Waals surface area contributed by atoms with Crippen molar-refractivity contribution in [2.75, 3.05) is 0 Å². The molecule has 2 unspecified atom stereocenters. The van der Waals surface area contributed by atoms with E-state index in [1.165, 1.54) is 44.1 Å². The van der Waals surface area contributed by atoms with Crippen molar-refractivity contribution >= 4 is 0 Å². The summed E-state index contributed by atoms with van der Waals surface area (Å²) in [5.74, 6) is 0. The molecule has 1 aromatic rings. The molecule has 1 fully saturated rings. The van der Waals surface area contributed by atoms with Crippen molar-refractivity contribution in [1.29, 1.82) is 0 Å². The highest BCUT2D eigenvalue weighted by molar-refractivity contribution is 5.25. The lowest BCUT2D eigenvalue weighted by Gasteiger charge is -2.23. The van der Waals surface area contributed by atoms with Gasteiger partial charge >= 0.3 is 0 Å². The van der Waals surface area contributed by atoms with Gasteiger partial charge in [-0.1, -0.05) is 57.4 Å². The fraction of sp³-hybridized carbons (Fsp3) is 0.684. The predicted molar refractivity (Wildman–Crippen MR) is 89.5 cm³/mol. The van der Waals surface area contributed by atoms with E-state index >= 15 is 0 Å². The molecule has 1 saturated carbocycles. The van der Waals surface area contributed by atoms with Crippen molar-refractivity contribution in [2.45, 2.75) is 83.4 Å². The molecule has 0 spiro atoms. The van der Waals surface area contributed by atoms with Gasteiger partial charge < -0.3 is 10.4 Å². The molecule has 2 rings (SSSR count). The fourth-order valence-electron chi connectivity index (χ4n) is 2.85. The van der Waals surface area contributed by atoms with Gasteiger partial charge in [-0.3, -0.25) is 0 Å². The van der Waals surface area contributed by atoms with Gasteiger partial charge in [-0.05, 0) is 43.2 Å². The van der Waals surface area contributed by atoms with Gasteiger partial charge in [-0.2, -0.15) is 0 Å². The molecule has 2 nitrogen and oxygen atoms in total. The summed E-state index contributed by atoms with van der Waals surface area (Å²) >= 11 is 0. The van der Waals surface area contributed by atoms with E-state index in [4.69, 9.17) is 0 Å². The summed E-state index contributed by atoms with van der Waals surface area (Å²) < 4.78 is 0. The Morgan fingerprint density at radius 3 is 2.38 bits per heavy atom. The third-order valence-electron chi connectivity index (χ3n) is 4.49. The van der Waals surface area contributed by atoms with E-state index in [-0.39, 0.29) is 12.1 Å². The lowest BCUT2D eigenvalue weighted by molar-refractivity contribution is 0.125. The molecule has 0 radical (unpaired) electrons. The van der Waals surface area contributed by atoms with Crippen LogP contribution in [0.25, 0.3) is 0 Å². The van der Waals surface area contributed by atoms with E-state index in [2.05, 4.69) is 43.4 Å². The number of aliphatic hydroxyl groups is 1. The van der Waals surface area contributed by atoms with Crippen LogP contribution < -0.4 is 5.32 Å². The normalized spacial score (nSPS) is 17.7. The highest BCUT2D eigenvalue weighted by atomic mass is 16.3. The van der Waals surface area contributed by atoms with Crippen molar-refractivity contribution in [3.63, 3.8) is 0 Å². The quantitative estimate of drug-likeness (QED) is 0.627. The summed E-state index contributed by atoms with van der Waals surface area (Å²) in [7, 11) is 0. The highest BCUT2D eigenvalue weighted by Gasteiger charge is 2.27. The zero-order valence-corrected chi connectivity index (χ0v) is 13.6. The molecular formula is C19H31NO. The van der Waals surface area contributed by atoms with Crippen LogP contribution in [0.15, 0.2) is 24.3 Å². The van der Waals surface area contributed by atoms with Crippen LogP contribution in [-0.4, -0.2) is 17.2 Å². The minimum atomic E-state index is -0.384. The van der Waals surface area contributed by atoms with E-state index in [1.54, 1.807) is 0 Å². The van der Waals surface area contributed by atoms with E-state index in [1.807, 2.05) is 0 Å². The lowest BCUT2D eigenvalue weighted by atomic mass is 9.97. The van der Waals surface area contributed by atoms with Crippen LogP contribution in [0, 0.1) is 0 Å². The Balaban J connectivity index is 1.84. The second kappa shape index (κ2) is 8.55. The first-order chi connectivity index (χ1) is 10.2. The molecule has 2 heteroatoms. The Hall–Kier alpha value is -0.860. The Morgan fingerprint density at radius 1 is 1.10 bits per heavy atom. The average Bonchev–Trinajstić information content (AvgIpc) is 3.33. The van der Waals surface area contributed by atoms with E-state index in [0.29, 0.717) is 6.04 Å². The maximum absolute atomic E-state index is 10.5. The number of aryl methyl sites for hydroxylation is 1. The summed E-state index contributed by atoms with van der Waals surface area (Å²) in [5.41, 5.74) is 2.44. The van der Waals surface area contributed by atoms with Gasteiger partial charge in [-0.25, -0.2) is 0 Å². The summed E-state index contributed by atoms with van der Waals surface area (Å²) in [6.45, 7) is 4.39. The van der Waals surface area contributed by atoms with Gasteiger partial charge in [0, 0.05) is 12.1 Å². The molecule has 1 aliphatic rings. The van der Waals surface area contributed by atoms with Gasteiger partial charge in [0.25, 0.3) is 0 Å². The first kappa shape index (κ1) is 16.5. The summed E-state index contributed by atoms with van der Waals surface area (Å²) in [6.07, 6.45) is 9.49. The number of aliphatic hydroxyl groups excluding tert-OH is 1. The van der Waals surface area contributed by atoms with Crippen LogP contribution in [0.5, 0.6) is 0 Å². The number of hydrogen-bond acceptors (Lipinski definition) is 2. The first-order valence-corrected chi connectivity index (χ1v) is 8.77. The standard InChI is InChI=1S/C19H31NO/c1-3-5-6-7-8-15-9-11-16(12-10-15)19(21)18(4-2)20-17-13-14-17/h9-12,17-21H,3-8,13-14H2,1-2H3. The van der Waals surface area contributed by atoms with Crippen LogP contribution in [0.1, 0.15) is 76.0 Å². The average molecular weight is 289 g/mol. The Morgan fingerprint density at radius 2 is 1.81 bits per heavy atom. The van der Waals surface area contributed by atoms with Gasteiger partial charge in [0.15, 0.2) is 0 Å². The molecule has 2 N–H and O–H groups in total. The molecule has 118 valence electrons. The van der Waals surface area contributed by atoms with Crippen molar-refractivity contribution in [3.8, 4) is 0 Å². The molecule has 0 saturated heterocycles. The molecule has 1 aliphatic carbocycles. The smallest absolute Gasteiger partial charge is 0.0942 e. The van der Waals surface area contributed by atoms with Gasteiger partial charge in [0.1, 0.15) is 0 Å². The SMILES string of the molecule is CCCCCCc1ccc(C(O)C(CC)NC2CC2)cc1. The van der Waals surface area contributed by atoms with Crippen molar-refractivity contribution < 1.29 is 5.11 Å². The molecule has 0 bridgehead atoms. The molecule has 0 amide bonds. The first-order valence-electron chi connectivity index (χ1n) is 8.77. The van der Waals surface area contributed by atoms with Crippen molar-refractivity contribution in [1.82, 2.24) is 5.32 Å². The van der Waals surface area contributed by atoms with Crippen molar-refractivity contribution in [3.05, 3.63) is 35.4 Å². The maximum atomic E-state index is 10.5. The Kier molecular flexibility index (Phi) is 6.72. The topological polar surface area (TPSA) is 32.3 Å². The number of rotatable bonds is 10. The zero-order valence-electron chi connectivity index (χ0n) is 13.6. The molecule has 1 aromatic carbocycles. The zero-order chi connectivity index (χ0) is 15.1. The van der Waals surface area contributed by atoms with E-state index in [9.17, 15) is 5.11 Å². The van der Waals surface area contributed by atoms with Gasteiger partial charge in [0.05, 0.1) is 6.10 Å². The highest BCUT2D eigenvalue weighted by Crippen LogP contribution is 2.25. The fourth-order valence-corrected chi connectivity index (χ4v) is 2.85. The summed E-state index contributed by atoms with van der Waals surface area (Å²) in [4.78, 5) is 0. The van der Waals surface area contributed by atoms with E-state index in [0.717, 1.165) is 18.4 Å². The van der Waals surface area contributed by atoms with E-state index < -0.39 is 0 Å². The predicted octanol–water partition coefficient (Wildman–Crippen LogP) is 4.37. The number of nitrogens with one attached hydrogen (secondary N) is 1. The molecule has 0 aliphatic heterocycles. The largest absolute Gasteiger partial charge is 0.387 e. The van der Waals surface area contributed by atoms with Crippen LogP contribution in [-0.2, 0) is 6.42 Å². The Bertz CT molecular complexity index is 397. The Labute approximate surface area is 130 Å². The third kappa shape index (κ3) is 5.44. The molecule has 2 atom stereocenters. The molecule has 0 heterocycles. The van der Waals surface area contributed by atoms with Crippen molar-refractivity contribution in [2.24, 2.45) is 0 Å². The van der Waals surface area contributed by atoms with Crippen LogP contribution in [0.3, 0.4) is 0 Å². The monoisotopic (exact) mass is 289 g/mol. The number of benzene rings is 1. The third-order valence-corrected chi connectivity index (χ3v) is 4.49. The van der Waals surface area contributed by atoms with Crippen LogP contribution >= 0.6 is 0 Å². The molecule has 0 aromatic heterocycles. The molecule has 21 heavy (non-hydrogen) atoms.